The molecule has 6 heteroatoms. The fraction of sp³-hybridized carbons (Fsp3) is 0.250. The maximum Gasteiger partial charge on any atom is 0.120 e. The van der Waals surface area contributed by atoms with Crippen LogP contribution in [0.5, 0.6) is 5.75 Å². The van der Waals surface area contributed by atoms with E-state index in [9.17, 15) is 5.11 Å². The zero-order valence-corrected chi connectivity index (χ0v) is 21.7. The molecule has 1 fully saturated rings. The zero-order valence-electron chi connectivity index (χ0n) is 19.2. The zero-order chi connectivity index (χ0) is 23.5. The largest absolute Gasteiger partial charge is 0.508 e. The van der Waals surface area contributed by atoms with Gasteiger partial charge in [-0.15, -0.1) is 0 Å². The summed E-state index contributed by atoms with van der Waals surface area (Å²) in [4.78, 5) is 6.14. The maximum absolute atomic E-state index is 10.6. The van der Waals surface area contributed by atoms with E-state index in [4.69, 9.17) is 12.2 Å². The van der Waals surface area contributed by atoms with E-state index in [1.165, 1.54) is 16.0 Å². The molecule has 0 unspecified atom stereocenters. The minimum Gasteiger partial charge on any atom is -0.508 e. The molecular weight excluding hydrogens is 477 g/mol. The van der Waals surface area contributed by atoms with Gasteiger partial charge >= 0.3 is 0 Å². The summed E-state index contributed by atoms with van der Waals surface area (Å²) in [7, 11) is 3.38. The van der Waals surface area contributed by atoms with Crippen LogP contribution in [0.3, 0.4) is 0 Å². The molecule has 34 heavy (non-hydrogen) atoms. The van der Waals surface area contributed by atoms with E-state index in [2.05, 4.69) is 77.4 Å². The lowest BCUT2D eigenvalue weighted by molar-refractivity contribution is 0.121. The number of phenolic OH excluding ortho intramolecular Hbond substituents is 1. The highest BCUT2D eigenvalue weighted by Gasteiger charge is 2.19. The number of aryl methyl sites for hydroxylation is 1. The van der Waals surface area contributed by atoms with E-state index in [-0.39, 0.29) is 0 Å². The van der Waals surface area contributed by atoms with Crippen LogP contribution in [0, 0.1) is 10.7 Å². The monoisotopic (exact) mass is 504 g/mol. The number of rotatable bonds is 6. The lowest BCUT2D eigenvalue weighted by Gasteiger charge is -2.34. The Labute approximate surface area is 213 Å². The first kappa shape index (κ1) is 23.4. The number of hydrogen-bond donors (Lipinski definition) is 1. The van der Waals surface area contributed by atoms with Crippen molar-refractivity contribution in [2.24, 2.45) is 0 Å². The third kappa shape index (κ3) is 5.32. The summed E-state index contributed by atoms with van der Waals surface area (Å²) in [5.41, 5.74) is 7.01. The van der Waals surface area contributed by atoms with Crippen LogP contribution in [0.15, 0.2) is 72.8 Å². The van der Waals surface area contributed by atoms with Crippen molar-refractivity contribution in [2.45, 2.75) is 20.0 Å². The number of phenols is 1. The van der Waals surface area contributed by atoms with Gasteiger partial charge in [0.15, 0.2) is 0 Å². The Morgan fingerprint density at radius 1 is 0.794 bits per heavy atom. The van der Waals surface area contributed by atoms with E-state index in [0.29, 0.717) is 5.75 Å². The predicted molar refractivity (Wildman–Crippen MR) is 147 cm³/mol. The lowest BCUT2D eigenvalue weighted by Crippen LogP contribution is -2.45. The molecule has 0 saturated carbocycles. The van der Waals surface area contributed by atoms with Gasteiger partial charge in [-0.3, -0.25) is 9.80 Å². The van der Waals surface area contributed by atoms with E-state index >= 15 is 0 Å². The van der Waals surface area contributed by atoms with Crippen LogP contribution in [0.25, 0.3) is 21.6 Å². The van der Waals surface area contributed by atoms with Gasteiger partial charge in [-0.2, -0.15) is 0 Å². The van der Waals surface area contributed by atoms with Crippen LogP contribution in [0.2, 0.25) is 0 Å². The minimum absolute atomic E-state index is 0.367. The highest BCUT2D eigenvalue weighted by Crippen LogP contribution is 2.42. The lowest BCUT2D eigenvalue weighted by atomic mass is 10.0. The molecule has 4 aromatic rings. The number of benzene rings is 3. The predicted octanol–water partition coefficient (Wildman–Crippen LogP) is 7.20. The molecule has 5 rings (SSSR count). The summed E-state index contributed by atoms with van der Waals surface area (Å²) >= 11 is 5.70. The molecule has 3 nitrogen and oxygen atoms in total. The van der Waals surface area contributed by atoms with Gasteiger partial charge in [0.1, 0.15) is 9.57 Å². The van der Waals surface area contributed by atoms with E-state index in [1.807, 2.05) is 12.1 Å². The van der Waals surface area contributed by atoms with Crippen LogP contribution in [0.1, 0.15) is 16.7 Å². The summed E-state index contributed by atoms with van der Waals surface area (Å²) in [6.07, 6.45) is 0. The average Bonchev–Trinajstić information content (AvgIpc) is 3.24. The van der Waals surface area contributed by atoms with Gasteiger partial charge in [-0.1, -0.05) is 93.1 Å². The molecule has 0 bridgehead atoms. The number of aromatic hydroxyl groups is 1. The summed E-state index contributed by atoms with van der Waals surface area (Å²) < 4.78 is 0.924. The quantitative estimate of drug-likeness (QED) is 0.222. The molecule has 0 aliphatic carbocycles. The molecule has 1 N–H and O–H groups in total. The van der Waals surface area contributed by atoms with E-state index < -0.39 is 0 Å². The van der Waals surface area contributed by atoms with Gasteiger partial charge in [0.05, 0.1) is 4.88 Å². The van der Waals surface area contributed by atoms with Crippen LogP contribution in [-0.4, -0.2) is 41.1 Å². The SMILES string of the molecule is Cc1ccc(-c2c(-c3ccc(O)c(CN4CCN(Cc5ccccc5)CC4)c3)ssc2=S)cc1. The Bertz CT molecular complexity index is 1300. The second-order valence-electron chi connectivity index (χ2n) is 8.91. The van der Waals surface area contributed by atoms with Crippen molar-refractivity contribution in [3.05, 3.63) is 93.3 Å². The standard InChI is InChI=1S/C28H28N2OS3/c1-20-7-9-22(10-8-20)26-27(33-34-28(26)32)23-11-12-25(31)24(17-23)19-30-15-13-29(14-16-30)18-21-5-3-2-4-6-21/h2-12,17,31H,13-16,18-19H2,1H3. The fourth-order valence-electron chi connectivity index (χ4n) is 4.46. The Hall–Kier alpha value is -2.35. The minimum atomic E-state index is 0.367. The molecule has 2 heterocycles. The first-order valence-electron chi connectivity index (χ1n) is 11.6. The molecule has 0 amide bonds. The van der Waals surface area contributed by atoms with Crippen LogP contribution >= 0.6 is 32.9 Å². The fourth-order valence-corrected chi connectivity index (χ4v) is 7.37. The Kier molecular flexibility index (Phi) is 7.23. The summed E-state index contributed by atoms with van der Waals surface area (Å²) in [5.74, 6) is 0.367. The van der Waals surface area contributed by atoms with Gasteiger partial charge in [0.2, 0.25) is 0 Å². The molecule has 0 spiro atoms. The second kappa shape index (κ2) is 10.5. The maximum atomic E-state index is 10.6. The Balaban J connectivity index is 1.31. The van der Waals surface area contributed by atoms with Crippen LogP contribution < -0.4 is 0 Å². The van der Waals surface area contributed by atoms with Crippen molar-refractivity contribution in [1.82, 2.24) is 9.80 Å². The number of nitrogens with zero attached hydrogens (tertiary/aromatic N) is 2. The van der Waals surface area contributed by atoms with Gasteiger partial charge in [-0.25, -0.2) is 0 Å². The van der Waals surface area contributed by atoms with Crippen molar-refractivity contribution in [1.29, 1.82) is 0 Å². The number of piperazine rings is 1. The van der Waals surface area contributed by atoms with E-state index in [1.54, 1.807) is 20.7 Å². The topological polar surface area (TPSA) is 26.7 Å². The molecule has 1 aliphatic heterocycles. The number of hydrogen-bond acceptors (Lipinski definition) is 6. The first-order valence-corrected chi connectivity index (χ1v) is 14.1. The van der Waals surface area contributed by atoms with Crippen LogP contribution in [0.4, 0.5) is 0 Å². The van der Waals surface area contributed by atoms with Gasteiger partial charge in [0, 0.05) is 50.4 Å². The normalized spacial score (nSPS) is 15.0. The van der Waals surface area contributed by atoms with Gasteiger partial charge < -0.3 is 5.11 Å². The van der Waals surface area contributed by atoms with Gasteiger partial charge in [-0.05, 0) is 41.8 Å². The van der Waals surface area contributed by atoms with Crippen molar-refractivity contribution < 1.29 is 5.11 Å². The van der Waals surface area contributed by atoms with Gasteiger partial charge in [0.25, 0.3) is 0 Å². The highest BCUT2D eigenvalue weighted by molar-refractivity contribution is 7.80. The molecular formula is C28H28N2OS3. The molecule has 1 aromatic heterocycles. The Morgan fingerprint density at radius 3 is 2.15 bits per heavy atom. The smallest absolute Gasteiger partial charge is 0.120 e. The third-order valence-corrected chi connectivity index (χ3v) is 9.49. The molecule has 3 aromatic carbocycles. The summed E-state index contributed by atoms with van der Waals surface area (Å²) in [6, 6.07) is 25.2. The van der Waals surface area contributed by atoms with Crippen molar-refractivity contribution in [2.75, 3.05) is 26.2 Å². The Morgan fingerprint density at radius 2 is 1.44 bits per heavy atom. The highest BCUT2D eigenvalue weighted by atomic mass is 32.9. The van der Waals surface area contributed by atoms with Crippen molar-refractivity contribution >= 4 is 32.9 Å². The molecule has 1 saturated heterocycles. The van der Waals surface area contributed by atoms with E-state index in [0.717, 1.165) is 65.3 Å². The summed E-state index contributed by atoms with van der Waals surface area (Å²) in [5, 5.41) is 10.6. The van der Waals surface area contributed by atoms with Crippen molar-refractivity contribution in [3.8, 4) is 27.3 Å². The molecule has 1 aliphatic rings. The molecule has 0 radical (unpaired) electrons. The molecule has 0 atom stereocenters. The first-order chi connectivity index (χ1) is 16.6. The van der Waals surface area contributed by atoms with Crippen molar-refractivity contribution in [3.63, 3.8) is 0 Å². The van der Waals surface area contributed by atoms with Crippen LogP contribution in [-0.2, 0) is 13.1 Å². The second-order valence-corrected chi connectivity index (χ2v) is 11.7. The summed E-state index contributed by atoms with van der Waals surface area (Å²) in [6.45, 7) is 7.94. The third-order valence-electron chi connectivity index (χ3n) is 6.42. The average molecular weight is 505 g/mol. The molecule has 174 valence electrons.